The fourth-order valence-corrected chi connectivity index (χ4v) is 5.97. The SMILES string of the molecule is CCCCCC1(C)C=C/C(=C/CC/N=C2/CN(CCC)C(C(C3=CCC(C)C=C3)N(C)C)=CN2C)C1C. The van der Waals surface area contributed by atoms with E-state index in [1.807, 2.05) is 0 Å². The smallest absolute Gasteiger partial charge is 0.122 e. The summed E-state index contributed by atoms with van der Waals surface area (Å²) in [6.45, 7) is 14.5. The van der Waals surface area contributed by atoms with Crippen molar-refractivity contribution in [3.05, 3.63) is 59.5 Å². The summed E-state index contributed by atoms with van der Waals surface area (Å²) in [6, 6.07) is 0.270. The molecule has 0 amide bonds. The van der Waals surface area contributed by atoms with Crippen LogP contribution in [0.4, 0.5) is 0 Å². The third-order valence-electron chi connectivity index (χ3n) is 8.65. The van der Waals surface area contributed by atoms with Crippen LogP contribution < -0.4 is 0 Å². The minimum absolute atomic E-state index is 0.270. The van der Waals surface area contributed by atoms with Crippen molar-refractivity contribution in [1.29, 1.82) is 0 Å². The van der Waals surface area contributed by atoms with Gasteiger partial charge in [-0.25, -0.2) is 0 Å². The average Bonchev–Trinajstić information content (AvgIpc) is 3.14. The zero-order chi connectivity index (χ0) is 27.0. The summed E-state index contributed by atoms with van der Waals surface area (Å²) in [7, 11) is 6.57. The van der Waals surface area contributed by atoms with Gasteiger partial charge < -0.3 is 9.80 Å². The van der Waals surface area contributed by atoms with Crippen molar-refractivity contribution in [3.63, 3.8) is 0 Å². The highest BCUT2D eigenvalue weighted by Crippen LogP contribution is 2.44. The van der Waals surface area contributed by atoms with E-state index < -0.39 is 0 Å². The minimum Gasteiger partial charge on any atom is -0.365 e. The van der Waals surface area contributed by atoms with Crippen LogP contribution in [-0.4, -0.2) is 67.4 Å². The molecule has 0 spiro atoms. The predicted molar refractivity (Wildman–Crippen MR) is 162 cm³/mol. The molecule has 2 aliphatic carbocycles. The van der Waals surface area contributed by atoms with Gasteiger partial charge >= 0.3 is 0 Å². The molecule has 4 heteroatoms. The van der Waals surface area contributed by atoms with Gasteiger partial charge in [-0.2, -0.15) is 0 Å². The average molecular weight is 507 g/mol. The summed E-state index contributed by atoms with van der Waals surface area (Å²) in [6.07, 6.45) is 25.3. The van der Waals surface area contributed by atoms with Gasteiger partial charge in [0.1, 0.15) is 5.84 Å². The molecular formula is C33H54N4. The Morgan fingerprint density at radius 1 is 1.16 bits per heavy atom. The lowest BCUT2D eigenvalue weighted by Crippen LogP contribution is -2.48. The molecule has 4 nitrogen and oxygen atoms in total. The normalized spacial score (nSPS) is 29.0. The molecule has 0 radical (unpaired) electrons. The van der Waals surface area contributed by atoms with Crippen molar-refractivity contribution < 1.29 is 0 Å². The molecule has 3 aliphatic rings. The first-order valence-corrected chi connectivity index (χ1v) is 14.9. The van der Waals surface area contributed by atoms with E-state index in [0.29, 0.717) is 17.3 Å². The molecule has 0 aromatic carbocycles. The molecule has 1 aliphatic heterocycles. The van der Waals surface area contributed by atoms with Gasteiger partial charge in [0.25, 0.3) is 0 Å². The maximum Gasteiger partial charge on any atom is 0.122 e. The van der Waals surface area contributed by atoms with Gasteiger partial charge in [0, 0.05) is 26.3 Å². The molecular weight excluding hydrogens is 452 g/mol. The monoisotopic (exact) mass is 506 g/mol. The lowest BCUT2D eigenvalue weighted by atomic mass is 9.75. The molecule has 0 aromatic rings. The van der Waals surface area contributed by atoms with Crippen molar-refractivity contribution >= 4 is 5.84 Å². The molecule has 3 rings (SSSR count). The second-order valence-electron chi connectivity index (χ2n) is 12.0. The van der Waals surface area contributed by atoms with Crippen LogP contribution in [0.2, 0.25) is 0 Å². The van der Waals surface area contributed by atoms with Crippen molar-refractivity contribution in [2.45, 2.75) is 85.6 Å². The van der Waals surface area contributed by atoms with Gasteiger partial charge in [0.15, 0.2) is 0 Å². The van der Waals surface area contributed by atoms with Crippen LogP contribution in [0, 0.1) is 17.3 Å². The van der Waals surface area contributed by atoms with E-state index in [4.69, 9.17) is 4.99 Å². The van der Waals surface area contributed by atoms with E-state index in [9.17, 15) is 0 Å². The highest BCUT2D eigenvalue weighted by Gasteiger charge is 2.34. The Labute approximate surface area is 228 Å². The first-order chi connectivity index (χ1) is 17.7. The van der Waals surface area contributed by atoms with Gasteiger partial charge in [-0.1, -0.05) is 90.3 Å². The van der Waals surface area contributed by atoms with E-state index in [-0.39, 0.29) is 6.04 Å². The zero-order valence-corrected chi connectivity index (χ0v) is 25.1. The Balaban J connectivity index is 1.68. The summed E-state index contributed by atoms with van der Waals surface area (Å²) in [4.78, 5) is 12.3. The summed E-state index contributed by atoms with van der Waals surface area (Å²) >= 11 is 0. The molecule has 0 N–H and O–H groups in total. The van der Waals surface area contributed by atoms with Crippen LogP contribution in [0.1, 0.15) is 79.6 Å². The second kappa shape index (κ2) is 13.6. The van der Waals surface area contributed by atoms with Gasteiger partial charge in [-0.05, 0) is 68.2 Å². The Morgan fingerprint density at radius 2 is 1.95 bits per heavy atom. The number of nitrogens with zero attached hydrogens (tertiary/aromatic N) is 4. The number of hydrogen-bond acceptors (Lipinski definition) is 3. The molecule has 1 heterocycles. The van der Waals surface area contributed by atoms with Crippen LogP contribution in [0.3, 0.4) is 0 Å². The maximum absolute atomic E-state index is 5.09. The number of rotatable bonds is 12. The van der Waals surface area contributed by atoms with Crippen molar-refractivity contribution in [3.8, 4) is 0 Å². The molecule has 4 unspecified atom stereocenters. The first-order valence-electron chi connectivity index (χ1n) is 14.9. The fourth-order valence-electron chi connectivity index (χ4n) is 5.97. The van der Waals surface area contributed by atoms with Crippen molar-refractivity contribution in [2.24, 2.45) is 22.2 Å². The van der Waals surface area contributed by atoms with E-state index in [1.54, 1.807) is 0 Å². The van der Waals surface area contributed by atoms with E-state index in [2.05, 4.69) is 113 Å². The molecule has 4 atom stereocenters. The summed E-state index contributed by atoms with van der Waals surface area (Å²) in [5.41, 5.74) is 4.62. The first kappa shape index (κ1) is 29.5. The molecule has 0 saturated carbocycles. The molecule has 206 valence electrons. The van der Waals surface area contributed by atoms with E-state index in [1.165, 1.54) is 48.4 Å². The summed E-state index contributed by atoms with van der Waals surface area (Å²) < 4.78 is 0. The van der Waals surface area contributed by atoms with Gasteiger partial charge in [0.05, 0.1) is 18.3 Å². The van der Waals surface area contributed by atoms with Gasteiger partial charge in [-0.3, -0.25) is 9.89 Å². The highest BCUT2D eigenvalue weighted by atomic mass is 15.3. The lowest BCUT2D eigenvalue weighted by molar-refractivity contribution is 0.264. The Hall–Kier alpha value is -2.07. The third kappa shape index (κ3) is 7.50. The molecule has 0 fully saturated rings. The van der Waals surface area contributed by atoms with E-state index >= 15 is 0 Å². The second-order valence-corrected chi connectivity index (χ2v) is 12.0. The van der Waals surface area contributed by atoms with Crippen LogP contribution in [0.25, 0.3) is 0 Å². The molecule has 0 bridgehead atoms. The topological polar surface area (TPSA) is 22.1 Å². The minimum atomic E-state index is 0.270. The molecule has 37 heavy (non-hydrogen) atoms. The maximum atomic E-state index is 5.09. The number of aliphatic imine (C=N–C) groups is 1. The van der Waals surface area contributed by atoms with Crippen LogP contribution in [-0.2, 0) is 0 Å². The molecule has 0 aromatic heterocycles. The zero-order valence-electron chi connectivity index (χ0n) is 25.1. The van der Waals surface area contributed by atoms with Crippen LogP contribution >= 0.6 is 0 Å². The summed E-state index contributed by atoms with van der Waals surface area (Å²) in [5.74, 6) is 2.41. The van der Waals surface area contributed by atoms with E-state index in [0.717, 1.165) is 38.9 Å². The van der Waals surface area contributed by atoms with Gasteiger partial charge in [0.2, 0.25) is 0 Å². The fraction of sp³-hybridized carbons (Fsp3) is 0.667. The number of allylic oxidation sites excluding steroid dienone is 5. The predicted octanol–water partition coefficient (Wildman–Crippen LogP) is 7.45. The Bertz CT molecular complexity index is 934. The lowest BCUT2D eigenvalue weighted by Gasteiger charge is -2.41. The molecule has 0 saturated heterocycles. The highest BCUT2D eigenvalue weighted by molar-refractivity contribution is 5.86. The number of hydrogen-bond donors (Lipinski definition) is 0. The Morgan fingerprint density at radius 3 is 2.59 bits per heavy atom. The quantitative estimate of drug-likeness (QED) is 0.257. The van der Waals surface area contributed by atoms with Gasteiger partial charge in [-0.15, -0.1) is 0 Å². The van der Waals surface area contributed by atoms with Crippen molar-refractivity contribution in [1.82, 2.24) is 14.7 Å². The largest absolute Gasteiger partial charge is 0.365 e. The number of unbranched alkanes of at least 4 members (excludes halogenated alkanes) is 2. The summed E-state index contributed by atoms with van der Waals surface area (Å²) in [5, 5.41) is 0. The van der Waals surface area contributed by atoms with Crippen LogP contribution in [0.5, 0.6) is 0 Å². The standard InChI is InChI=1S/C33H54N4/c1-9-11-12-20-33(5)21-19-28(27(33)4)14-13-22-34-31-25-37(23-10-2)30(24-36(31)8)32(35(6)7)29-17-15-26(3)16-18-29/h14-15,17-19,21,24,26-27,32H,9-13,16,20,22-23,25H2,1-8H3/b28-14-,34-31-. The number of amidine groups is 1. The number of likely N-dealkylation sites (N-methyl/N-ethyl adjacent to an activating group) is 2. The van der Waals surface area contributed by atoms with Crippen molar-refractivity contribution in [2.75, 3.05) is 40.8 Å². The Kier molecular flexibility index (Phi) is 10.9. The third-order valence-corrected chi connectivity index (χ3v) is 8.65. The van der Waals surface area contributed by atoms with Crippen LogP contribution in [0.15, 0.2) is 64.5 Å².